The average Bonchev–Trinajstić information content (AvgIpc) is 3.01. The van der Waals surface area contributed by atoms with Gasteiger partial charge in [0.25, 0.3) is 0 Å². The molecule has 1 fully saturated rings. The summed E-state index contributed by atoms with van der Waals surface area (Å²) in [7, 11) is 0. The summed E-state index contributed by atoms with van der Waals surface area (Å²) in [5, 5.41) is 0.719. The standard InChI is InChI=1S/C21H24ClNO/c1-15-7-5-8-19(15)21(24)23(20-9-4-3-6-16(20)2)14-17-10-12-18(22)13-11-17/h3-4,6,9-13,15,19H,5,7-8,14H2,1-2H3. The third kappa shape index (κ3) is 3.64. The van der Waals surface area contributed by atoms with E-state index in [4.69, 9.17) is 11.6 Å². The Bertz CT molecular complexity index is 710. The highest BCUT2D eigenvalue weighted by molar-refractivity contribution is 6.30. The Hall–Kier alpha value is -1.80. The highest BCUT2D eigenvalue weighted by Crippen LogP contribution is 2.35. The van der Waals surface area contributed by atoms with Crippen molar-refractivity contribution in [3.63, 3.8) is 0 Å². The summed E-state index contributed by atoms with van der Waals surface area (Å²) >= 11 is 6.00. The molecule has 2 aromatic rings. The largest absolute Gasteiger partial charge is 0.307 e. The summed E-state index contributed by atoms with van der Waals surface area (Å²) in [6.07, 6.45) is 3.31. The van der Waals surface area contributed by atoms with Crippen LogP contribution in [-0.4, -0.2) is 5.91 Å². The van der Waals surface area contributed by atoms with Crippen molar-refractivity contribution in [2.24, 2.45) is 11.8 Å². The van der Waals surface area contributed by atoms with E-state index < -0.39 is 0 Å². The van der Waals surface area contributed by atoms with Crippen LogP contribution < -0.4 is 4.90 Å². The Morgan fingerprint density at radius 2 is 1.83 bits per heavy atom. The maximum absolute atomic E-state index is 13.3. The number of aryl methyl sites for hydroxylation is 1. The molecule has 1 aliphatic rings. The molecule has 2 aromatic carbocycles. The fourth-order valence-corrected chi connectivity index (χ4v) is 3.76. The van der Waals surface area contributed by atoms with Crippen LogP contribution in [0.2, 0.25) is 5.02 Å². The molecule has 2 atom stereocenters. The van der Waals surface area contributed by atoms with Gasteiger partial charge in [-0.15, -0.1) is 0 Å². The number of nitrogens with zero attached hydrogens (tertiary/aromatic N) is 1. The monoisotopic (exact) mass is 341 g/mol. The van der Waals surface area contributed by atoms with E-state index in [1.54, 1.807) is 0 Å². The molecular weight excluding hydrogens is 318 g/mol. The molecule has 0 aliphatic heterocycles. The zero-order valence-electron chi connectivity index (χ0n) is 14.3. The van der Waals surface area contributed by atoms with E-state index in [0.717, 1.165) is 41.1 Å². The van der Waals surface area contributed by atoms with E-state index in [2.05, 4.69) is 19.9 Å². The van der Waals surface area contributed by atoms with Crippen molar-refractivity contribution in [3.05, 3.63) is 64.7 Å². The SMILES string of the molecule is Cc1ccccc1N(Cc1ccc(Cl)cc1)C(=O)C1CCCC1C. The quantitative estimate of drug-likeness (QED) is 0.707. The van der Waals surface area contributed by atoms with E-state index in [0.29, 0.717) is 12.5 Å². The predicted octanol–water partition coefficient (Wildman–Crippen LogP) is 5.62. The van der Waals surface area contributed by atoms with Crippen LogP contribution in [0.25, 0.3) is 0 Å². The first-order valence-corrected chi connectivity index (χ1v) is 9.05. The normalized spacial score (nSPS) is 20.1. The van der Waals surface area contributed by atoms with Crippen LogP contribution in [0, 0.1) is 18.8 Å². The van der Waals surface area contributed by atoms with Gasteiger partial charge in [0.1, 0.15) is 0 Å². The molecule has 0 spiro atoms. The summed E-state index contributed by atoms with van der Waals surface area (Å²) in [5.74, 6) is 0.857. The Morgan fingerprint density at radius 3 is 2.46 bits per heavy atom. The fraction of sp³-hybridized carbons (Fsp3) is 0.381. The zero-order valence-corrected chi connectivity index (χ0v) is 15.1. The maximum Gasteiger partial charge on any atom is 0.230 e. The predicted molar refractivity (Wildman–Crippen MR) is 100 cm³/mol. The van der Waals surface area contributed by atoms with Crippen molar-refractivity contribution < 1.29 is 4.79 Å². The Balaban J connectivity index is 1.93. The lowest BCUT2D eigenvalue weighted by molar-refractivity contribution is -0.123. The minimum Gasteiger partial charge on any atom is -0.307 e. The molecule has 1 aliphatic carbocycles. The van der Waals surface area contributed by atoms with E-state index in [9.17, 15) is 4.79 Å². The number of para-hydroxylation sites is 1. The van der Waals surface area contributed by atoms with E-state index in [1.165, 1.54) is 0 Å². The van der Waals surface area contributed by atoms with Crippen molar-refractivity contribution in [1.29, 1.82) is 0 Å². The number of anilines is 1. The van der Waals surface area contributed by atoms with Crippen LogP contribution in [0.15, 0.2) is 48.5 Å². The Kier molecular flexibility index (Phi) is 5.25. The maximum atomic E-state index is 13.3. The molecule has 1 amide bonds. The van der Waals surface area contributed by atoms with Crippen LogP contribution in [0.4, 0.5) is 5.69 Å². The van der Waals surface area contributed by atoms with Crippen LogP contribution in [0.3, 0.4) is 0 Å². The molecule has 0 saturated heterocycles. The molecule has 1 saturated carbocycles. The van der Waals surface area contributed by atoms with Gasteiger partial charge in [0.15, 0.2) is 0 Å². The molecule has 3 rings (SSSR count). The number of carbonyl (C=O) groups excluding carboxylic acids is 1. The van der Waals surface area contributed by atoms with Crippen LogP contribution >= 0.6 is 11.6 Å². The number of amides is 1. The van der Waals surface area contributed by atoms with Crippen molar-refractivity contribution in [2.75, 3.05) is 4.90 Å². The van der Waals surface area contributed by atoms with Gasteiger partial charge < -0.3 is 4.90 Å². The third-order valence-electron chi connectivity index (χ3n) is 5.10. The van der Waals surface area contributed by atoms with Gasteiger partial charge in [-0.05, 0) is 55.0 Å². The molecule has 2 nitrogen and oxygen atoms in total. The molecule has 126 valence electrons. The molecular formula is C21H24ClNO. The first kappa shape index (κ1) is 17.0. The Labute approximate surface area is 149 Å². The number of carbonyl (C=O) groups is 1. The highest BCUT2D eigenvalue weighted by atomic mass is 35.5. The molecule has 24 heavy (non-hydrogen) atoms. The lowest BCUT2D eigenvalue weighted by Gasteiger charge is -2.29. The minimum absolute atomic E-state index is 0.136. The molecule has 0 heterocycles. The summed E-state index contributed by atoms with van der Waals surface area (Å²) in [5.41, 5.74) is 3.24. The van der Waals surface area contributed by atoms with Gasteiger partial charge in [-0.2, -0.15) is 0 Å². The van der Waals surface area contributed by atoms with E-state index >= 15 is 0 Å². The fourth-order valence-electron chi connectivity index (χ4n) is 3.63. The topological polar surface area (TPSA) is 20.3 Å². The van der Waals surface area contributed by atoms with E-state index in [-0.39, 0.29) is 11.8 Å². The summed E-state index contributed by atoms with van der Waals surface area (Å²) in [6, 6.07) is 15.9. The van der Waals surface area contributed by atoms with Gasteiger partial charge in [0.2, 0.25) is 5.91 Å². The minimum atomic E-state index is 0.136. The molecule has 0 N–H and O–H groups in total. The second-order valence-corrected chi connectivity index (χ2v) is 7.29. The molecule has 2 unspecified atom stereocenters. The van der Waals surface area contributed by atoms with Crippen LogP contribution in [0.5, 0.6) is 0 Å². The first-order valence-electron chi connectivity index (χ1n) is 8.67. The van der Waals surface area contributed by atoms with Gasteiger partial charge in [-0.1, -0.05) is 55.3 Å². The second kappa shape index (κ2) is 7.40. The van der Waals surface area contributed by atoms with Crippen LogP contribution in [-0.2, 0) is 11.3 Å². The van der Waals surface area contributed by atoms with Gasteiger partial charge in [-0.25, -0.2) is 0 Å². The van der Waals surface area contributed by atoms with Gasteiger partial charge in [0, 0.05) is 16.6 Å². The summed E-state index contributed by atoms with van der Waals surface area (Å²) < 4.78 is 0. The molecule has 3 heteroatoms. The summed E-state index contributed by atoms with van der Waals surface area (Å²) in [4.78, 5) is 15.2. The van der Waals surface area contributed by atoms with Crippen LogP contribution in [0.1, 0.15) is 37.3 Å². The van der Waals surface area contributed by atoms with Gasteiger partial charge in [0.05, 0.1) is 6.54 Å². The molecule has 0 aromatic heterocycles. The lowest BCUT2D eigenvalue weighted by atomic mass is 9.95. The highest BCUT2D eigenvalue weighted by Gasteiger charge is 2.33. The number of hydrogen-bond acceptors (Lipinski definition) is 1. The van der Waals surface area contributed by atoms with Gasteiger partial charge >= 0.3 is 0 Å². The number of halogens is 1. The zero-order chi connectivity index (χ0) is 17.1. The number of hydrogen-bond donors (Lipinski definition) is 0. The average molecular weight is 342 g/mol. The van der Waals surface area contributed by atoms with Crippen molar-refractivity contribution in [1.82, 2.24) is 0 Å². The van der Waals surface area contributed by atoms with E-state index in [1.807, 2.05) is 47.4 Å². The molecule has 0 bridgehead atoms. The number of benzene rings is 2. The first-order chi connectivity index (χ1) is 11.6. The number of rotatable bonds is 4. The smallest absolute Gasteiger partial charge is 0.230 e. The van der Waals surface area contributed by atoms with Crippen molar-refractivity contribution in [3.8, 4) is 0 Å². The van der Waals surface area contributed by atoms with Crippen molar-refractivity contribution >= 4 is 23.2 Å². The lowest BCUT2D eigenvalue weighted by Crippen LogP contribution is -2.37. The van der Waals surface area contributed by atoms with Gasteiger partial charge in [-0.3, -0.25) is 4.79 Å². The summed E-state index contributed by atoms with van der Waals surface area (Å²) in [6.45, 7) is 4.85. The second-order valence-electron chi connectivity index (χ2n) is 6.85. The molecule has 0 radical (unpaired) electrons. The third-order valence-corrected chi connectivity index (χ3v) is 5.36. The van der Waals surface area contributed by atoms with Crippen molar-refractivity contribution in [2.45, 2.75) is 39.7 Å². The Morgan fingerprint density at radius 1 is 1.12 bits per heavy atom.